The Bertz CT molecular complexity index is 375. The van der Waals surface area contributed by atoms with Gasteiger partial charge in [-0.25, -0.2) is 0 Å². The lowest BCUT2D eigenvalue weighted by atomic mass is 10.2. The van der Waals surface area contributed by atoms with Crippen molar-refractivity contribution in [2.75, 3.05) is 6.54 Å². The summed E-state index contributed by atoms with van der Waals surface area (Å²) >= 11 is 1.40. The molecule has 1 saturated heterocycles. The summed E-state index contributed by atoms with van der Waals surface area (Å²) in [5.41, 5.74) is 1.19. The topological polar surface area (TPSA) is 41.1 Å². The Kier molecular flexibility index (Phi) is 3.85. The van der Waals surface area contributed by atoms with Gasteiger partial charge in [0.15, 0.2) is 0 Å². The summed E-state index contributed by atoms with van der Waals surface area (Å²) in [4.78, 5) is 12.8. The van der Waals surface area contributed by atoms with Crippen LogP contribution < -0.4 is 10.0 Å². The van der Waals surface area contributed by atoms with Gasteiger partial charge in [-0.15, -0.1) is 0 Å². The molecule has 1 aromatic carbocycles. The van der Waals surface area contributed by atoms with Crippen molar-refractivity contribution in [3.05, 3.63) is 29.8 Å². The van der Waals surface area contributed by atoms with E-state index in [1.807, 2.05) is 31.2 Å². The van der Waals surface area contributed by atoms with Crippen LogP contribution in [-0.2, 0) is 4.79 Å². The van der Waals surface area contributed by atoms with Crippen LogP contribution in [0.4, 0.5) is 0 Å². The van der Waals surface area contributed by atoms with Crippen LogP contribution >= 0.6 is 11.9 Å². The van der Waals surface area contributed by atoms with Crippen molar-refractivity contribution in [1.82, 2.24) is 10.0 Å². The standard InChI is InChI=1S/C12H16N2OS/c1-9-5-2-3-7-11(9)16-14-12(15)10-6-4-8-13-10/h2-3,5,7,10,13H,4,6,8H2,1H3,(H,14,15)/t10-/m1/s1. The second kappa shape index (κ2) is 5.37. The number of rotatable bonds is 3. The molecule has 1 aliphatic heterocycles. The molecule has 1 atom stereocenters. The number of amides is 1. The first-order valence-corrected chi connectivity index (χ1v) is 6.35. The van der Waals surface area contributed by atoms with Gasteiger partial charge in [0.2, 0.25) is 5.91 Å². The minimum Gasteiger partial charge on any atom is -0.306 e. The molecule has 0 saturated carbocycles. The molecule has 4 heteroatoms. The quantitative estimate of drug-likeness (QED) is 0.787. The third kappa shape index (κ3) is 2.77. The fourth-order valence-electron chi connectivity index (χ4n) is 1.76. The van der Waals surface area contributed by atoms with Gasteiger partial charge in [-0.2, -0.15) is 0 Å². The number of nitrogens with one attached hydrogen (secondary N) is 2. The molecule has 0 spiro atoms. The molecular formula is C12H16N2OS. The van der Waals surface area contributed by atoms with E-state index in [1.54, 1.807) is 0 Å². The van der Waals surface area contributed by atoms with Gasteiger partial charge in [0.1, 0.15) is 0 Å². The summed E-state index contributed by atoms with van der Waals surface area (Å²) in [5, 5.41) is 3.18. The average Bonchev–Trinajstić information content (AvgIpc) is 2.81. The summed E-state index contributed by atoms with van der Waals surface area (Å²) in [7, 11) is 0. The Hall–Kier alpha value is -1.00. The fraction of sp³-hybridized carbons (Fsp3) is 0.417. The van der Waals surface area contributed by atoms with Gasteiger partial charge in [0, 0.05) is 4.90 Å². The fourth-order valence-corrected chi connectivity index (χ4v) is 2.48. The van der Waals surface area contributed by atoms with E-state index in [1.165, 1.54) is 17.5 Å². The summed E-state index contributed by atoms with van der Waals surface area (Å²) in [6.45, 7) is 3.00. The molecule has 1 amide bonds. The van der Waals surface area contributed by atoms with Crippen LogP contribution in [0, 0.1) is 6.92 Å². The smallest absolute Gasteiger partial charge is 0.247 e. The van der Waals surface area contributed by atoms with Gasteiger partial charge in [0.25, 0.3) is 0 Å². The molecule has 86 valence electrons. The Morgan fingerprint density at radius 3 is 3.00 bits per heavy atom. The predicted molar refractivity (Wildman–Crippen MR) is 66.2 cm³/mol. The van der Waals surface area contributed by atoms with E-state index in [-0.39, 0.29) is 11.9 Å². The minimum atomic E-state index is -0.00322. The lowest BCUT2D eigenvalue weighted by molar-refractivity contribution is -0.120. The highest BCUT2D eigenvalue weighted by Gasteiger charge is 2.21. The largest absolute Gasteiger partial charge is 0.306 e. The van der Waals surface area contributed by atoms with Gasteiger partial charge in [-0.1, -0.05) is 18.2 Å². The van der Waals surface area contributed by atoms with E-state index in [0.717, 1.165) is 24.3 Å². The van der Waals surface area contributed by atoms with Crippen LogP contribution in [0.25, 0.3) is 0 Å². The number of hydrogen-bond donors (Lipinski definition) is 2. The van der Waals surface area contributed by atoms with Gasteiger partial charge >= 0.3 is 0 Å². The lowest BCUT2D eigenvalue weighted by Crippen LogP contribution is -2.37. The van der Waals surface area contributed by atoms with Crippen LogP contribution in [0.1, 0.15) is 18.4 Å². The zero-order valence-electron chi connectivity index (χ0n) is 9.32. The first-order valence-electron chi connectivity index (χ1n) is 5.53. The maximum Gasteiger partial charge on any atom is 0.247 e. The minimum absolute atomic E-state index is 0.00322. The van der Waals surface area contributed by atoms with Crippen molar-refractivity contribution in [2.24, 2.45) is 0 Å². The SMILES string of the molecule is Cc1ccccc1SNC(=O)[C@H]1CCCN1. The normalized spacial score (nSPS) is 19.7. The third-order valence-corrected chi connectivity index (χ3v) is 3.71. The molecule has 0 aliphatic carbocycles. The van der Waals surface area contributed by atoms with Gasteiger partial charge in [-0.3, -0.25) is 9.52 Å². The van der Waals surface area contributed by atoms with Crippen LogP contribution in [0.15, 0.2) is 29.2 Å². The molecule has 2 rings (SSSR count). The first kappa shape index (κ1) is 11.5. The average molecular weight is 236 g/mol. The molecule has 1 aromatic rings. The summed E-state index contributed by atoms with van der Waals surface area (Å²) in [6, 6.07) is 8.04. The summed E-state index contributed by atoms with van der Waals surface area (Å²) < 4.78 is 2.90. The Morgan fingerprint density at radius 2 is 2.31 bits per heavy atom. The molecular weight excluding hydrogens is 220 g/mol. The zero-order chi connectivity index (χ0) is 11.4. The van der Waals surface area contributed by atoms with E-state index >= 15 is 0 Å². The van der Waals surface area contributed by atoms with E-state index in [0.29, 0.717) is 0 Å². The molecule has 1 heterocycles. The second-order valence-electron chi connectivity index (χ2n) is 3.98. The van der Waals surface area contributed by atoms with Gasteiger partial charge in [-0.05, 0) is 49.9 Å². The van der Waals surface area contributed by atoms with Gasteiger partial charge < -0.3 is 5.32 Å². The monoisotopic (exact) mass is 236 g/mol. The molecule has 0 bridgehead atoms. The maximum atomic E-state index is 11.7. The Labute approximate surface area is 100 Å². The number of hydrogen-bond acceptors (Lipinski definition) is 3. The Balaban J connectivity index is 1.87. The predicted octanol–water partition coefficient (Wildman–Crippen LogP) is 1.87. The number of carbonyl (C=O) groups is 1. The molecule has 0 unspecified atom stereocenters. The van der Waals surface area contributed by atoms with E-state index in [2.05, 4.69) is 10.0 Å². The van der Waals surface area contributed by atoms with Crippen LogP contribution in [0.2, 0.25) is 0 Å². The zero-order valence-corrected chi connectivity index (χ0v) is 10.1. The highest BCUT2D eigenvalue weighted by atomic mass is 32.2. The highest BCUT2D eigenvalue weighted by Crippen LogP contribution is 2.19. The molecule has 16 heavy (non-hydrogen) atoms. The highest BCUT2D eigenvalue weighted by molar-refractivity contribution is 7.98. The third-order valence-electron chi connectivity index (χ3n) is 2.73. The van der Waals surface area contributed by atoms with E-state index < -0.39 is 0 Å². The van der Waals surface area contributed by atoms with Crippen LogP contribution in [0.3, 0.4) is 0 Å². The molecule has 2 N–H and O–H groups in total. The van der Waals surface area contributed by atoms with Crippen molar-refractivity contribution in [3.8, 4) is 0 Å². The van der Waals surface area contributed by atoms with E-state index in [9.17, 15) is 4.79 Å². The molecule has 0 aromatic heterocycles. The number of benzene rings is 1. The summed E-state index contributed by atoms with van der Waals surface area (Å²) in [6.07, 6.45) is 2.04. The van der Waals surface area contributed by atoms with Gasteiger partial charge in [0.05, 0.1) is 6.04 Å². The maximum absolute atomic E-state index is 11.7. The van der Waals surface area contributed by atoms with E-state index in [4.69, 9.17) is 0 Å². The van der Waals surface area contributed by atoms with Crippen LogP contribution in [-0.4, -0.2) is 18.5 Å². The molecule has 0 radical (unpaired) electrons. The molecule has 3 nitrogen and oxygen atoms in total. The van der Waals surface area contributed by atoms with Crippen molar-refractivity contribution in [2.45, 2.75) is 30.7 Å². The van der Waals surface area contributed by atoms with Crippen molar-refractivity contribution < 1.29 is 4.79 Å². The van der Waals surface area contributed by atoms with Crippen molar-refractivity contribution in [3.63, 3.8) is 0 Å². The first-order chi connectivity index (χ1) is 7.77. The number of carbonyl (C=O) groups excluding carboxylic acids is 1. The molecule has 1 aliphatic rings. The van der Waals surface area contributed by atoms with Crippen molar-refractivity contribution >= 4 is 17.9 Å². The molecule has 1 fully saturated rings. The van der Waals surface area contributed by atoms with Crippen molar-refractivity contribution in [1.29, 1.82) is 0 Å². The lowest BCUT2D eigenvalue weighted by Gasteiger charge is -2.11. The van der Waals surface area contributed by atoms with Crippen LogP contribution in [0.5, 0.6) is 0 Å². The number of aryl methyl sites for hydroxylation is 1. The Morgan fingerprint density at radius 1 is 1.50 bits per heavy atom. The summed E-state index contributed by atoms with van der Waals surface area (Å²) in [5.74, 6) is 0.0887. The second-order valence-corrected chi connectivity index (χ2v) is 4.83.